The molecule has 124 valence electrons. The van der Waals surface area contributed by atoms with Gasteiger partial charge >= 0.3 is 5.97 Å². The van der Waals surface area contributed by atoms with Crippen molar-refractivity contribution in [3.63, 3.8) is 0 Å². The molecule has 5 nitrogen and oxygen atoms in total. The van der Waals surface area contributed by atoms with Crippen LogP contribution >= 0.6 is 0 Å². The number of carboxylic acids is 1. The number of nitrogens with zero attached hydrogens (tertiary/aromatic N) is 1. The second-order valence-electron chi connectivity index (χ2n) is 5.71. The number of carboxylic acid groups (broad SMARTS) is 1. The fraction of sp³-hybridized carbons (Fsp3) is 0.263. The van der Waals surface area contributed by atoms with Crippen LogP contribution in [0, 0.1) is 0 Å². The minimum atomic E-state index is -1.07. The highest BCUT2D eigenvalue weighted by molar-refractivity contribution is 6.01. The second kappa shape index (κ2) is 7.27. The zero-order valence-electron chi connectivity index (χ0n) is 13.3. The molecule has 1 N–H and O–H groups in total. The highest BCUT2D eigenvalue weighted by atomic mass is 16.5. The molecule has 24 heavy (non-hydrogen) atoms. The van der Waals surface area contributed by atoms with Crippen LogP contribution in [0.15, 0.2) is 48.0 Å². The molecule has 0 bridgehead atoms. The molecular weight excluding hydrogens is 306 g/mol. The summed E-state index contributed by atoms with van der Waals surface area (Å²) in [5, 5.41) is 11.5. The maximum atomic E-state index is 12.3. The van der Waals surface area contributed by atoms with Gasteiger partial charge in [0.1, 0.15) is 0 Å². The molecule has 1 amide bonds. The van der Waals surface area contributed by atoms with Crippen molar-refractivity contribution in [3.05, 3.63) is 53.6 Å². The molecule has 1 aliphatic heterocycles. The van der Waals surface area contributed by atoms with Crippen LogP contribution < -0.4 is 0 Å². The van der Waals surface area contributed by atoms with Gasteiger partial charge in [0.05, 0.1) is 19.6 Å². The first-order valence-electron chi connectivity index (χ1n) is 7.92. The number of aliphatic carboxylic acids is 1. The smallest absolute Gasteiger partial charge is 0.332 e. The van der Waals surface area contributed by atoms with E-state index in [-0.39, 0.29) is 17.9 Å². The lowest BCUT2D eigenvalue weighted by molar-refractivity contribution is -0.138. The van der Waals surface area contributed by atoms with Crippen molar-refractivity contribution in [1.29, 1.82) is 0 Å². The van der Waals surface area contributed by atoms with Gasteiger partial charge in [-0.3, -0.25) is 4.79 Å². The first kappa shape index (κ1) is 16.2. The van der Waals surface area contributed by atoms with Crippen molar-refractivity contribution < 1.29 is 19.4 Å². The number of rotatable bonds is 4. The Balaban J connectivity index is 1.88. The van der Waals surface area contributed by atoms with Crippen LogP contribution in [0.1, 0.15) is 12.0 Å². The van der Waals surface area contributed by atoms with E-state index < -0.39 is 5.97 Å². The Morgan fingerprint density at radius 1 is 1.08 bits per heavy atom. The Morgan fingerprint density at radius 2 is 1.79 bits per heavy atom. The standard InChI is InChI=1S/C19H19NO4/c21-18(20-8-10-24-11-9-20)13-16(19(22)23)12-15-6-3-5-14-4-1-2-7-17(14)15/h1-7,12H,8-11,13H2,(H,22,23)/b16-12-. The second-order valence-corrected chi connectivity index (χ2v) is 5.71. The van der Waals surface area contributed by atoms with Crippen LogP contribution in [0.5, 0.6) is 0 Å². The molecule has 5 heteroatoms. The summed E-state index contributed by atoms with van der Waals surface area (Å²) in [7, 11) is 0. The first-order chi connectivity index (χ1) is 11.6. The molecule has 0 aromatic heterocycles. The van der Waals surface area contributed by atoms with Crippen LogP contribution in [-0.4, -0.2) is 48.2 Å². The van der Waals surface area contributed by atoms with Crippen molar-refractivity contribution in [2.45, 2.75) is 6.42 Å². The monoisotopic (exact) mass is 325 g/mol. The van der Waals surface area contributed by atoms with Crippen molar-refractivity contribution in [2.75, 3.05) is 26.3 Å². The number of carbonyl (C=O) groups excluding carboxylic acids is 1. The van der Waals surface area contributed by atoms with E-state index in [0.29, 0.717) is 26.3 Å². The lowest BCUT2D eigenvalue weighted by Crippen LogP contribution is -2.41. The summed E-state index contributed by atoms with van der Waals surface area (Å²) in [6.07, 6.45) is 1.49. The number of benzene rings is 2. The van der Waals surface area contributed by atoms with E-state index >= 15 is 0 Å². The van der Waals surface area contributed by atoms with Crippen molar-refractivity contribution >= 4 is 28.7 Å². The van der Waals surface area contributed by atoms with Gasteiger partial charge in [-0.05, 0) is 22.4 Å². The maximum absolute atomic E-state index is 12.3. The van der Waals surface area contributed by atoms with Gasteiger partial charge in [0.25, 0.3) is 0 Å². The minimum absolute atomic E-state index is 0.0999. The highest BCUT2D eigenvalue weighted by Crippen LogP contribution is 2.22. The molecular formula is C19H19NO4. The normalized spacial score (nSPS) is 15.5. The summed E-state index contributed by atoms with van der Waals surface area (Å²) in [5.74, 6) is -1.24. The van der Waals surface area contributed by atoms with E-state index in [2.05, 4.69) is 0 Å². The molecule has 0 aliphatic carbocycles. The molecule has 1 aliphatic rings. The number of fused-ring (bicyclic) bond motifs is 1. The third-order valence-corrected chi connectivity index (χ3v) is 4.13. The van der Waals surface area contributed by atoms with E-state index in [1.807, 2.05) is 42.5 Å². The maximum Gasteiger partial charge on any atom is 0.332 e. The van der Waals surface area contributed by atoms with Crippen LogP contribution in [0.2, 0.25) is 0 Å². The Hall–Kier alpha value is -2.66. The number of hydrogen-bond acceptors (Lipinski definition) is 3. The van der Waals surface area contributed by atoms with Crippen LogP contribution in [0.25, 0.3) is 16.8 Å². The van der Waals surface area contributed by atoms with E-state index in [1.165, 1.54) is 0 Å². The Kier molecular flexibility index (Phi) is 4.91. The van der Waals surface area contributed by atoms with Gasteiger partial charge in [-0.2, -0.15) is 0 Å². The molecule has 0 spiro atoms. The molecule has 3 rings (SSSR count). The van der Waals surface area contributed by atoms with Crippen molar-refractivity contribution in [3.8, 4) is 0 Å². The summed E-state index contributed by atoms with van der Waals surface area (Å²) in [4.78, 5) is 25.6. The number of amides is 1. The molecule has 0 unspecified atom stereocenters. The summed E-state index contributed by atoms with van der Waals surface area (Å²) in [5.41, 5.74) is 0.906. The average molecular weight is 325 g/mol. The van der Waals surface area contributed by atoms with Crippen LogP contribution in [0.4, 0.5) is 0 Å². The van der Waals surface area contributed by atoms with Crippen LogP contribution in [0.3, 0.4) is 0 Å². The summed E-state index contributed by atoms with van der Waals surface area (Å²) >= 11 is 0. The molecule has 0 radical (unpaired) electrons. The van der Waals surface area contributed by atoms with Gasteiger partial charge < -0.3 is 14.7 Å². The first-order valence-corrected chi connectivity index (χ1v) is 7.92. The Labute approximate surface area is 140 Å². The fourth-order valence-corrected chi connectivity index (χ4v) is 2.84. The quantitative estimate of drug-likeness (QED) is 0.877. The third-order valence-electron chi connectivity index (χ3n) is 4.13. The molecule has 2 aromatic carbocycles. The van der Waals surface area contributed by atoms with Gasteiger partial charge in [0.2, 0.25) is 5.91 Å². The Bertz CT molecular complexity index is 786. The van der Waals surface area contributed by atoms with Gasteiger partial charge in [-0.25, -0.2) is 4.79 Å². The van der Waals surface area contributed by atoms with Crippen LogP contribution in [-0.2, 0) is 14.3 Å². The zero-order valence-corrected chi connectivity index (χ0v) is 13.3. The third kappa shape index (κ3) is 3.63. The highest BCUT2D eigenvalue weighted by Gasteiger charge is 2.20. The van der Waals surface area contributed by atoms with E-state index in [9.17, 15) is 14.7 Å². The van der Waals surface area contributed by atoms with Gasteiger partial charge in [-0.1, -0.05) is 42.5 Å². The van der Waals surface area contributed by atoms with E-state index in [4.69, 9.17) is 4.74 Å². The number of ether oxygens (including phenoxy) is 1. The zero-order chi connectivity index (χ0) is 16.9. The average Bonchev–Trinajstić information content (AvgIpc) is 2.62. The molecule has 0 atom stereocenters. The van der Waals surface area contributed by atoms with Gasteiger partial charge in [0.15, 0.2) is 0 Å². The van der Waals surface area contributed by atoms with E-state index in [1.54, 1.807) is 11.0 Å². The SMILES string of the molecule is O=C(O)/C(=C\c1cccc2ccccc12)CC(=O)N1CCOCC1. The van der Waals surface area contributed by atoms with Crippen molar-refractivity contribution in [2.24, 2.45) is 0 Å². The number of carbonyl (C=O) groups is 2. The molecule has 1 fully saturated rings. The van der Waals surface area contributed by atoms with Crippen molar-refractivity contribution in [1.82, 2.24) is 4.90 Å². The van der Waals surface area contributed by atoms with Gasteiger partial charge in [0, 0.05) is 18.7 Å². The lowest BCUT2D eigenvalue weighted by Gasteiger charge is -2.26. The summed E-state index contributed by atoms with van der Waals surface area (Å²) in [6.45, 7) is 2.03. The molecule has 2 aromatic rings. The topological polar surface area (TPSA) is 66.8 Å². The van der Waals surface area contributed by atoms with Gasteiger partial charge in [-0.15, -0.1) is 0 Å². The lowest BCUT2D eigenvalue weighted by atomic mass is 10.0. The summed E-state index contributed by atoms with van der Waals surface area (Å²) < 4.78 is 5.22. The predicted molar refractivity (Wildman–Crippen MR) is 91.6 cm³/mol. The molecule has 1 heterocycles. The fourth-order valence-electron chi connectivity index (χ4n) is 2.84. The summed E-state index contributed by atoms with van der Waals surface area (Å²) in [6, 6.07) is 13.5. The number of morpholine rings is 1. The molecule has 1 saturated heterocycles. The largest absolute Gasteiger partial charge is 0.478 e. The van der Waals surface area contributed by atoms with E-state index in [0.717, 1.165) is 16.3 Å². The predicted octanol–water partition coefficient (Wildman–Crippen LogP) is 2.56. The molecule has 0 saturated carbocycles. The minimum Gasteiger partial charge on any atom is -0.478 e. The Morgan fingerprint density at radius 3 is 2.54 bits per heavy atom. The number of hydrogen-bond donors (Lipinski definition) is 1.